The van der Waals surface area contributed by atoms with E-state index in [0.717, 1.165) is 29.2 Å². The lowest BCUT2D eigenvalue weighted by molar-refractivity contribution is 0.676. The summed E-state index contributed by atoms with van der Waals surface area (Å²) in [5.41, 5.74) is 13.5. The first-order valence-corrected chi connectivity index (χ1v) is 7.92. The Kier molecular flexibility index (Phi) is 3.41. The largest absolute Gasteiger partial charge is 0.369 e. The molecule has 0 radical (unpaired) electrons. The van der Waals surface area contributed by atoms with Crippen molar-refractivity contribution in [3.8, 4) is 0 Å². The van der Waals surface area contributed by atoms with Gasteiger partial charge in [0.25, 0.3) is 0 Å². The van der Waals surface area contributed by atoms with Crippen LogP contribution in [0, 0.1) is 13.8 Å². The summed E-state index contributed by atoms with van der Waals surface area (Å²) in [6.07, 6.45) is 5.17. The van der Waals surface area contributed by atoms with Crippen LogP contribution in [0.25, 0.3) is 0 Å². The standard InChI is InChI=1S/C17H19N7/c1-10-3-12-5-14(20-16(12)4-11(10)2)8-24-9-15(22-23-24)6-13-7-19-17(18)21-13/h3-4,7,9H,5-6,8H2,1-2H3,(H3,18,19,21). The lowest BCUT2D eigenvalue weighted by Gasteiger charge is -2.03. The van der Waals surface area contributed by atoms with Crippen molar-refractivity contribution in [2.45, 2.75) is 33.2 Å². The number of imidazole rings is 1. The number of hydrogen-bond donors (Lipinski definition) is 2. The number of nitrogens with one attached hydrogen (secondary N) is 1. The third-order valence-corrected chi connectivity index (χ3v) is 4.32. The molecule has 7 nitrogen and oxygen atoms in total. The highest BCUT2D eigenvalue weighted by Gasteiger charge is 2.16. The first-order valence-electron chi connectivity index (χ1n) is 7.92. The predicted molar refractivity (Wildman–Crippen MR) is 92.5 cm³/mol. The van der Waals surface area contributed by atoms with E-state index in [1.54, 1.807) is 6.20 Å². The molecular weight excluding hydrogens is 302 g/mol. The number of aromatic nitrogens is 5. The second-order valence-corrected chi connectivity index (χ2v) is 6.30. The summed E-state index contributed by atoms with van der Waals surface area (Å²) in [6, 6.07) is 4.39. The molecule has 4 rings (SSSR count). The topological polar surface area (TPSA) is 97.8 Å². The number of nitrogen functional groups attached to an aromatic ring is 1. The molecular formula is C17H19N7. The number of anilines is 1. The van der Waals surface area contributed by atoms with Gasteiger partial charge in [-0.1, -0.05) is 11.3 Å². The number of nitrogens with zero attached hydrogens (tertiary/aromatic N) is 5. The minimum atomic E-state index is 0.418. The first kappa shape index (κ1) is 14.6. The molecule has 0 unspecified atom stereocenters. The van der Waals surface area contributed by atoms with Crippen molar-refractivity contribution in [2.24, 2.45) is 4.99 Å². The molecule has 3 N–H and O–H groups in total. The average molecular weight is 321 g/mol. The van der Waals surface area contributed by atoms with E-state index in [1.807, 2.05) is 10.9 Å². The predicted octanol–water partition coefficient (Wildman–Crippen LogP) is 2.12. The van der Waals surface area contributed by atoms with Crippen LogP contribution in [-0.4, -0.2) is 30.7 Å². The van der Waals surface area contributed by atoms with Crippen molar-refractivity contribution >= 4 is 17.3 Å². The molecule has 3 aromatic rings. The smallest absolute Gasteiger partial charge is 0.197 e. The fourth-order valence-corrected chi connectivity index (χ4v) is 2.97. The van der Waals surface area contributed by atoms with Gasteiger partial charge in [0, 0.05) is 30.4 Å². The Bertz CT molecular complexity index is 932. The molecule has 3 heterocycles. The molecule has 122 valence electrons. The van der Waals surface area contributed by atoms with Gasteiger partial charge in [0.1, 0.15) is 0 Å². The maximum atomic E-state index is 5.59. The van der Waals surface area contributed by atoms with Gasteiger partial charge in [-0.2, -0.15) is 0 Å². The van der Waals surface area contributed by atoms with Gasteiger partial charge in [-0.15, -0.1) is 5.10 Å². The van der Waals surface area contributed by atoms with Crippen LogP contribution in [0.3, 0.4) is 0 Å². The highest BCUT2D eigenvalue weighted by Crippen LogP contribution is 2.29. The van der Waals surface area contributed by atoms with Gasteiger partial charge in [-0.3, -0.25) is 4.99 Å². The summed E-state index contributed by atoms with van der Waals surface area (Å²) in [6.45, 7) is 4.92. The summed E-state index contributed by atoms with van der Waals surface area (Å²) < 4.78 is 1.83. The van der Waals surface area contributed by atoms with Crippen LogP contribution in [0.15, 0.2) is 29.5 Å². The Morgan fingerprint density at radius 3 is 2.88 bits per heavy atom. The summed E-state index contributed by atoms with van der Waals surface area (Å²) in [5.74, 6) is 0.418. The highest BCUT2D eigenvalue weighted by atomic mass is 15.4. The Morgan fingerprint density at radius 2 is 2.08 bits per heavy atom. The zero-order valence-electron chi connectivity index (χ0n) is 13.7. The number of fused-ring (bicyclic) bond motifs is 1. The number of benzene rings is 1. The molecule has 0 aliphatic carbocycles. The molecule has 1 aliphatic heterocycles. The number of aromatic amines is 1. The Hall–Kier alpha value is -2.96. The second-order valence-electron chi connectivity index (χ2n) is 6.30. The Labute approximate surface area is 139 Å². The van der Waals surface area contributed by atoms with Crippen LogP contribution in [-0.2, 0) is 19.4 Å². The molecule has 24 heavy (non-hydrogen) atoms. The molecule has 1 aromatic carbocycles. The number of aliphatic imine (C=N–C) groups is 1. The Morgan fingerprint density at radius 1 is 1.25 bits per heavy atom. The molecule has 0 amide bonds. The minimum Gasteiger partial charge on any atom is -0.369 e. The summed E-state index contributed by atoms with van der Waals surface area (Å²) >= 11 is 0. The maximum absolute atomic E-state index is 5.59. The van der Waals surface area contributed by atoms with E-state index in [-0.39, 0.29) is 0 Å². The van der Waals surface area contributed by atoms with Crippen LogP contribution in [0.5, 0.6) is 0 Å². The van der Waals surface area contributed by atoms with E-state index in [2.05, 4.69) is 46.3 Å². The average Bonchev–Trinajstić information content (AvgIpc) is 3.22. The summed E-state index contributed by atoms with van der Waals surface area (Å²) in [4.78, 5) is 11.7. The van der Waals surface area contributed by atoms with E-state index in [1.165, 1.54) is 16.7 Å². The summed E-state index contributed by atoms with van der Waals surface area (Å²) in [7, 11) is 0. The van der Waals surface area contributed by atoms with Gasteiger partial charge >= 0.3 is 0 Å². The van der Waals surface area contributed by atoms with Gasteiger partial charge < -0.3 is 10.7 Å². The normalized spacial score (nSPS) is 13.2. The van der Waals surface area contributed by atoms with E-state index < -0.39 is 0 Å². The number of hydrogen-bond acceptors (Lipinski definition) is 5. The molecule has 0 spiro atoms. The van der Waals surface area contributed by atoms with Crippen molar-refractivity contribution in [3.63, 3.8) is 0 Å². The van der Waals surface area contributed by atoms with Crippen LogP contribution < -0.4 is 5.73 Å². The number of H-pyrrole nitrogens is 1. The van der Waals surface area contributed by atoms with Gasteiger partial charge in [-0.25, -0.2) is 9.67 Å². The van der Waals surface area contributed by atoms with Crippen molar-refractivity contribution in [2.75, 3.05) is 5.73 Å². The minimum absolute atomic E-state index is 0.418. The van der Waals surface area contributed by atoms with Crippen LogP contribution in [0.2, 0.25) is 0 Å². The number of rotatable bonds is 4. The fraction of sp³-hybridized carbons (Fsp3) is 0.294. The second kappa shape index (κ2) is 5.59. The van der Waals surface area contributed by atoms with Crippen molar-refractivity contribution in [1.29, 1.82) is 0 Å². The molecule has 0 fully saturated rings. The molecule has 1 aliphatic rings. The Balaban J connectivity index is 1.46. The third-order valence-electron chi connectivity index (χ3n) is 4.32. The molecule has 0 saturated carbocycles. The number of nitrogens with two attached hydrogens (primary N) is 1. The number of aryl methyl sites for hydroxylation is 2. The molecule has 0 saturated heterocycles. The van der Waals surface area contributed by atoms with Gasteiger partial charge in [0.05, 0.1) is 24.1 Å². The van der Waals surface area contributed by atoms with Crippen molar-refractivity contribution in [3.05, 3.63) is 52.6 Å². The third kappa shape index (κ3) is 2.80. The fourth-order valence-electron chi connectivity index (χ4n) is 2.97. The monoisotopic (exact) mass is 321 g/mol. The lowest BCUT2D eigenvalue weighted by Crippen LogP contribution is -2.10. The van der Waals surface area contributed by atoms with E-state index in [4.69, 9.17) is 10.7 Å². The van der Waals surface area contributed by atoms with Crippen molar-refractivity contribution in [1.82, 2.24) is 25.0 Å². The maximum Gasteiger partial charge on any atom is 0.197 e. The highest BCUT2D eigenvalue weighted by molar-refractivity contribution is 5.94. The van der Waals surface area contributed by atoms with E-state index in [9.17, 15) is 0 Å². The van der Waals surface area contributed by atoms with E-state index in [0.29, 0.717) is 18.9 Å². The van der Waals surface area contributed by atoms with Gasteiger partial charge in [-0.05, 0) is 36.6 Å². The van der Waals surface area contributed by atoms with Gasteiger partial charge in [0.2, 0.25) is 0 Å². The van der Waals surface area contributed by atoms with Crippen molar-refractivity contribution < 1.29 is 0 Å². The zero-order valence-corrected chi connectivity index (χ0v) is 13.7. The van der Waals surface area contributed by atoms with Crippen LogP contribution in [0.1, 0.15) is 28.1 Å². The molecule has 0 atom stereocenters. The molecule has 0 bridgehead atoms. The SMILES string of the molecule is Cc1cc2c(cc1C)N=C(Cn1cc(Cc3cnc(N)[nH]3)nn1)C2. The summed E-state index contributed by atoms with van der Waals surface area (Å²) in [5, 5.41) is 8.41. The van der Waals surface area contributed by atoms with Crippen LogP contribution in [0.4, 0.5) is 11.6 Å². The van der Waals surface area contributed by atoms with Gasteiger partial charge in [0.15, 0.2) is 5.95 Å². The van der Waals surface area contributed by atoms with E-state index >= 15 is 0 Å². The molecule has 2 aromatic heterocycles. The van der Waals surface area contributed by atoms with Crippen LogP contribution >= 0.6 is 0 Å². The lowest BCUT2D eigenvalue weighted by atomic mass is 10.0. The quantitative estimate of drug-likeness (QED) is 0.769. The molecule has 7 heteroatoms. The zero-order chi connectivity index (χ0) is 16.7. The first-order chi connectivity index (χ1) is 11.6.